The van der Waals surface area contributed by atoms with Crippen LogP contribution >= 0.6 is 0 Å². The van der Waals surface area contributed by atoms with Gasteiger partial charge >= 0.3 is 0 Å². The summed E-state index contributed by atoms with van der Waals surface area (Å²) in [4.78, 5) is 12.8. The van der Waals surface area contributed by atoms with E-state index in [9.17, 15) is 4.79 Å². The Morgan fingerprint density at radius 2 is 1.61 bits per heavy atom. The highest BCUT2D eigenvalue weighted by atomic mass is 16.5. The third-order valence-electron chi connectivity index (χ3n) is 4.30. The van der Waals surface area contributed by atoms with E-state index in [1.54, 1.807) is 7.11 Å². The summed E-state index contributed by atoms with van der Waals surface area (Å²) in [5.74, 6) is 0.170. The zero-order valence-corrected chi connectivity index (χ0v) is 11.8. The molecule has 0 saturated heterocycles. The molecule has 18 heavy (non-hydrogen) atoms. The van der Waals surface area contributed by atoms with Crippen molar-refractivity contribution in [2.75, 3.05) is 7.11 Å². The van der Waals surface area contributed by atoms with Gasteiger partial charge in [0.25, 0.3) is 0 Å². The van der Waals surface area contributed by atoms with E-state index in [-0.39, 0.29) is 5.78 Å². The Labute approximate surface area is 109 Å². The maximum Gasteiger partial charge on any atom is 0.194 e. The van der Waals surface area contributed by atoms with Gasteiger partial charge in [-0.3, -0.25) is 4.79 Å². The minimum absolute atomic E-state index is 0.170. The molecule has 1 aliphatic rings. The molecule has 0 aliphatic heterocycles. The Balaban J connectivity index is 2.42. The number of ketones is 1. The van der Waals surface area contributed by atoms with E-state index in [1.165, 1.54) is 11.1 Å². The molecule has 2 nitrogen and oxygen atoms in total. The second kappa shape index (κ2) is 4.85. The van der Waals surface area contributed by atoms with Crippen molar-refractivity contribution in [3.8, 4) is 0 Å². The van der Waals surface area contributed by atoms with Crippen LogP contribution < -0.4 is 0 Å². The fourth-order valence-corrected chi connectivity index (χ4v) is 2.92. The van der Waals surface area contributed by atoms with Crippen LogP contribution in [0.15, 0.2) is 12.1 Å². The lowest BCUT2D eigenvalue weighted by Gasteiger charge is -2.26. The molecular formula is C16H22O2. The standard InChI is InChI=1S/C16H22O2/c1-11-9-13(3)14(10-12(11)2)15(17)16(18-4)7-5-6-8-16/h9-10H,5-8H2,1-4H3. The first-order valence-corrected chi connectivity index (χ1v) is 6.68. The van der Waals surface area contributed by atoms with Crippen molar-refractivity contribution in [1.82, 2.24) is 0 Å². The zero-order valence-electron chi connectivity index (χ0n) is 11.8. The number of carbonyl (C=O) groups is 1. The van der Waals surface area contributed by atoms with Crippen molar-refractivity contribution in [3.63, 3.8) is 0 Å². The van der Waals surface area contributed by atoms with E-state index in [1.807, 2.05) is 13.0 Å². The Kier molecular flexibility index (Phi) is 3.58. The molecule has 2 rings (SSSR count). The second-order valence-corrected chi connectivity index (χ2v) is 5.49. The maximum atomic E-state index is 12.8. The minimum atomic E-state index is -0.563. The topological polar surface area (TPSA) is 26.3 Å². The highest BCUT2D eigenvalue weighted by molar-refractivity contribution is 6.04. The lowest BCUT2D eigenvalue weighted by Crippen LogP contribution is -2.38. The van der Waals surface area contributed by atoms with Crippen molar-refractivity contribution in [3.05, 3.63) is 34.4 Å². The summed E-state index contributed by atoms with van der Waals surface area (Å²) >= 11 is 0. The van der Waals surface area contributed by atoms with Crippen LogP contribution in [0.3, 0.4) is 0 Å². The van der Waals surface area contributed by atoms with Crippen LogP contribution in [0.5, 0.6) is 0 Å². The smallest absolute Gasteiger partial charge is 0.194 e. The van der Waals surface area contributed by atoms with Crippen LogP contribution in [0, 0.1) is 20.8 Å². The van der Waals surface area contributed by atoms with Crippen LogP contribution in [0.2, 0.25) is 0 Å². The molecule has 1 fully saturated rings. The van der Waals surface area contributed by atoms with E-state index < -0.39 is 5.60 Å². The number of benzene rings is 1. The monoisotopic (exact) mass is 246 g/mol. The molecule has 0 N–H and O–H groups in total. The van der Waals surface area contributed by atoms with E-state index in [0.717, 1.165) is 36.8 Å². The Morgan fingerprint density at radius 1 is 1.06 bits per heavy atom. The molecule has 0 unspecified atom stereocenters. The number of hydrogen-bond donors (Lipinski definition) is 0. The Morgan fingerprint density at radius 3 is 2.17 bits per heavy atom. The lowest BCUT2D eigenvalue weighted by atomic mass is 9.87. The molecule has 1 saturated carbocycles. The zero-order chi connectivity index (χ0) is 13.3. The van der Waals surface area contributed by atoms with Crippen LogP contribution in [0.25, 0.3) is 0 Å². The highest BCUT2D eigenvalue weighted by Gasteiger charge is 2.42. The fourth-order valence-electron chi connectivity index (χ4n) is 2.92. The van der Waals surface area contributed by atoms with Crippen LogP contribution in [0.1, 0.15) is 52.7 Å². The van der Waals surface area contributed by atoms with Gasteiger partial charge in [0.05, 0.1) is 0 Å². The van der Waals surface area contributed by atoms with E-state index >= 15 is 0 Å². The van der Waals surface area contributed by atoms with Gasteiger partial charge in [-0.15, -0.1) is 0 Å². The first-order valence-electron chi connectivity index (χ1n) is 6.68. The molecule has 1 aromatic rings. The number of aryl methyl sites for hydroxylation is 3. The van der Waals surface area contributed by atoms with Gasteiger partial charge in [-0.1, -0.05) is 6.07 Å². The second-order valence-electron chi connectivity index (χ2n) is 5.49. The average molecular weight is 246 g/mol. The third kappa shape index (κ3) is 2.10. The van der Waals surface area contributed by atoms with Crippen molar-refractivity contribution in [1.29, 1.82) is 0 Å². The summed E-state index contributed by atoms with van der Waals surface area (Å²) in [6.45, 7) is 6.15. The van der Waals surface area contributed by atoms with Crippen molar-refractivity contribution >= 4 is 5.78 Å². The molecule has 1 aromatic carbocycles. The van der Waals surface area contributed by atoms with Crippen LogP contribution in [-0.4, -0.2) is 18.5 Å². The molecule has 98 valence electrons. The first kappa shape index (κ1) is 13.3. The number of Topliss-reactive ketones (excluding diaryl/α,β-unsaturated/α-hetero) is 1. The fraction of sp³-hybridized carbons (Fsp3) is 0.562. The van der Waals surface area contributed by atoms with Crippen LogP contribution in [-0.2, 0) is 4.74 Å². The summed E-state index contributed by atoms with van der Waals surface area (Å²) in [5.41, 5.74) is 3.75. The number of rotatable bonds is 3. The lowest BCUT2D eigenvalue weighted by molar-refractivity contribution is 0.00596. The minimum Gasteiger partial charge on any atom is -0.370 e. The predicted octanol–water partition coefficient (Wildman–Crippen LogP) is 3.75. The van der Waals surface area contributed by atoms with Gasteiger partial charge in [0.15, 0.2) is 5.78 Å². The quantitative estimate of drug-likeness (QED) is 0.759. The molecule has 0 bridgehead atoms. The molecule has 2 heteroatoms. The Bertz CT molecular complexity index is 468. The summed E-state index contributed by atoms with van der Waals surface area (Å²) in [5, 5.41) is 0. The SMILES string of the molecule is COC1(C(=O)c2cc(C)c(C)cc2C)CCCC1. The van der Waals surface area contributed by atoms with E-state index in [4.69, 9.17) is 4.74 Å². The van der Waals surface area contributed by atoms with Crippen molar-refractivity contribution in [2.24, 2.45) is 0 Å². The molecule has 0 heterocycles. The van der Waals surface area contributed by atoms with Crippen molar-refractivity contribution in [2.45, 2.75) is 52.1 Å². The number of ether oxygens (including phenoxy) is 1. The van der Waals surface area contributed by atoms with Gasteiger partial charge in [-0.25, -0.2) is 0 Å². The molecule has 0 aromatic heterocycles. The first-order chi connectivity index (χ1) is 8.50. The van der Waals surface area contributed by atoms with E-state index in [0.29, 0.717) is 0 Å². The highest BCUT2D eigenvalue weighted by Crippen LogP contribution is 2.36. The number of methoxy groups -OCH3 is 1. The summed E-state index contributed by atoms with van der Waals surface area (Å²) in [6, 6.07) is 4.12. The summed E-state index contributed by atoms with van der Waals surface area (Å²) in [6.07, 6.45) is 3.89. The molecule has 0 radical (unpaired) electrons. The molecule has 1 aliphatic carbocycles. The van der Waals surface area contributed by atoms with E-state index in [2.05, 4.69) is 19.9 Å². The molecule has 0 spiro atoms. The Hall–Kier alpha value is -1.15. The summed E-state index contributed by atoms with van der Waals surface area (Å²) < 4.78 is 5.59. The van der Waals surface area contributed by atoms with Gasteiger partial charge < -0.3 is 4.74 Å². The van der Waals surface area contributed by atoms with Gasteiger partial charge in [-0.05, 0) is 69.2 Å². The van der Waals surface area contributed by atoms with Gasteiger partial charge in [0, 0.05) is 12.7 Å². The molecule has 0 amide bonds. The maximum absolute atomic E-state index is 12.8. The van der Waals surface area contributed by atoms with Gasteiger partial charge in [0.2, 0.25) is 0 Å². The normalized spacial score (nSPS) is 18.0. The predicted molar refractivity (Wildman–Crippen MR) is 73.2 cm³/mol. The van der Waals surface area contributed by atoms with Crippen molar-refractivity contribution < 1.29 is 9.53 Å². The average Bonchev–Trinajstić information content (AvgIpc) is 2.83. The van der Waals surface area contributed by atoms with Gasteiger partial charge in [0.1, 0.15) is 5.60 Å². The number of hydrogen-bond acceptors (Lipinski definition) is 2. The third-order valence-corrected chi connectivity index (χ3v) is 4.30. The largest absolute Gasteiger partial charge is 0.370 e. The number of carbonyl (C=O) groups excluding carboxylic acids is 1. The summed E-state index contributed by atoms with van der Waals surface area (Å²) in [7, 11) is 1.67. The molecule has 0 atom stereocenters. The molecular weight excluding hydrogens is 224 g/mol. The van der Waals surface area contributed by atoms with Gasteiger partial charge in [-0.2, -0.15) is 0 Å². The van der Waals surface area contributed by atoms with Crippen LogP contribution in [0.4, 0.5) is 0 Å².